The van der Waals surface area contributed by atoms with Gasteiger partial charge in [-0.15, -0.1) is 0 Å². The molecule has 5 nitrogen and oxygen atoms in total. The molecule has 1 atom stereocenters. The second kappa shape index (κ2) is 4.83. The largest absolute Gasteiger partial charge is 0.439 e. The number of fused-ring (bicyclic) bond motifs is 1. The van der Waals surface area contributed by atoms with Crippen LogP contribution >= 0.6 is 0 Å². The molecule has 0 radical (unpaired) electrons. The molecular weight excluding hydrogens is 240 g/mol. The summed E-state index contributed by atoms with van der Waals surface area (Å²) >= 11 is 0. The van der Waals surface area contributed by atoms with Gasteiger partial charge in [-0.1, -0.05) is 0 Å². The average Bonchev–Trinajstić information content (AvgIpc) is 2.95. The highest BCUT2D eigenvalue weighted by Crippen LogP contribution is 2.21. The zero-order valence-electron chi connectivity index (χ0n) is 11.5. The van der Waals surface area contributed by atoms with Crippen LogP contribution in [0.25, 0.3) is 11.1 Å². The second-order valence-electron chi connectivity index (χ2n) is 5.48. The molecule has 1 fully saturated rings. The van der Waals surface area contributed by atoms with Crippen LogP contribution in [-0.4, -0.2) is 48.0 Å². The van der Waals surface area contributed by atoms with Crippen molar-refractivity contribution in [1.29, 1.82) is 0 Å². The monoisotopic (exact) mass is 260 g/mol. The van der Waals surface area contributed by atoms with Crippen LogP contribution < -0.4 is 5.73 Å². The Bertz CT molecular complexity index is 578. The lowest BCUT2D eigenvalue weighted by Gasteiger charge is -2.19. The van der Waals surface area contributed by atoms with Crippen LogP contribution in [0.4, 0.5) is 5.69 Å². The predicted molar refractivity (Wildman–Crippen MR) is 75.8 cm³/mol. The molecule has 3 rings (SSSR count). The maximum atomic E-state index is 5.76. The number of hydrogen-bond acceptors (Lipinski definition) is 5. The first-order chi connectivity index (χ1) is 9.11. The van der Waals surface area contributed by atoms with Crippen LogP contribution in [0.1, 0.15) is 12.3 Å². The summed E-state index contributed by atoms with van der Waals surface area (Å²) in [6.45, 7) is 2.95. The molecule has 2 aromatic rings. The van der Waals surface area contributed by atoms with Gasteiger partial charge in [0.25, 0.3) is 0 Å². The van der Waals surface area contributed by atoms with Gasteiger partial charge < -0.3 is 15.1 Å². The summed E-state index contributed by atoms with van der Waals surface area (Å²) in [4.78, 5) is 9.18. The summed E-state index contributed by atoms with van der Waals surface area (Å²) in [5, 5.41) is 0. The van der Waals surface area contributed by atoms with Crippen molar-refractivity contribution in [2.75, 3.05) is 32.9 Å². The highest BCUT2D eigenvalue weighted by atomic mass is 16.3. The van der Waals surface area contributed by atoms with Gasteiger partial charge in [0.2, 0.25) is 5.89 Å². The molecule has 19 heavy (non-hydrogen) atoms. The molecule has 1 aromatic carbocycles. The fourth-order valence-corrected chi connectivity index (χ4v) is 2.63. The van der Waals surface area contributed by atoms with Crippen molar-refractivity contribution in [3.8, 4) is 0 Å². The maximum absolute atomic E-state index is 5.76. The molecule has 0 saturated carbocycles. The highest BCUT2D eigenvalue weighted by Gasteiger charge is 2.25. The van der Waals surface area contributed by atoms with Crippen molar-refractivity contribution in [2.45, 2.75) is 19.0 Å². The summed E-state index contributed by atoms with van der Waals surface area (Å²) in [5.74, 6) is 0.778. The number of hydrogen-bond donors (Lipinski definition) is 1. The Hall–Kier alpha value is -1.59. The number of nitrogens with zero attached hydrogens (tertiary/aromatic N) is 3. The van der Waals surface area contributed by atoms with Crippen molar-refractivity contribution >= 4 is 16.8 Å². The van der Waals surface area contributed by atoms with Crippen molar-refractivity contribution in [1.82, 2.24) is 14.8 Å². The van der Waals surface area contributed by atoms with E-state index in [-0.39, 0.29) is 0 Å². The molecule has 2 N–H and O–H groups in total. The van der Waals surface area contributed by atoms with Crippen molar-refractivity contribution in [2.24, 2.45) is 0 Å². The summed E-state index contributed by atoms with van der Waals surface area (Å²) in [6.07, 6.45) is 1.21. The van der Waals surface area contributed by atoms with Crippen LogP contribution in [0.5, 0.6) is 0 Å². The smallest absolute Gasteiger partial charge is 0.209 e. The van der Waals surface area contributed by atoms with Gasteiger partial charge in [0.15, 0.2) is 5.58 Å². The van der Waals surface area contributed by atoms with Gasteiger partial charge >= 0.3 is 0 Å². The molecule has 5 heteroatoms. The van der Waals surface area contributed by atoms with Gasteiger partial charge in [0, 0.05) is 24.8 Å². The Balaban J connectivity index is 1.72. The minimum atomic E-state index is 0.639. The van der Waals surface area contributed by atoms with Gasteiger partial charge in [-0.25, -0.2) is 4.98 Å². The lowest BCUT2D eigenvalue weighted by atomic mass is 10.2. The Morgan fingerprint density at radius 1 is 1.47 bits per heavy atom. The molecule has 0 spiro atoms. The van der Waals surface area contributed by atoms with Gasteiger partial charge in [-0.2, -0.15) is 0 Å². The van der Waals surface area contributed by atoms with Gasteiger partial charge in [0.05, 0.1) is 6.54 Å². The first-order valence-corrected chi connectivity index (χ1v) is 6.65. The summed E-state index contributed by atoms with van der Waals surface area (Å²) in [7, 11) is 4.27. The Labute approximate surface area is 113 Å². The summed E-state index contributed by atoms with van der Waals surface area (Å²) < 4.78 is 5.76. The van der Waals surface area contributed by atoms with E-state index in [2.05, 4.69) is 28.9 Å². The molecule has 1 saturated heterocycles. The number of oxazole rings is 1. The van der Waals surface area contributed by atoms with E-state index in [1.54, 1.807) is 0 Å². The predicted octanol–water partition coefficient (Wildman–Crippen LogP) is 1.55. The van der Waals surface area contributed by atoms with Gasteiger partial charge in [0.1, 0.15) is 5.52 Å². The molecule has 1 aliphatic rings. The fraction of sp³-hybridized carbons (Fsp3) is 0.500. The van der Waals surface area contributed by atoms with E-state index in [4.69, 9.17) is 10.2 Å². The fourth-order valence-electron chi connectivity index (χ4n) is 2.63. The number of nitrogens with two attached hydrogens (primary N) is 1. The number of rotatable bonds is 3. The number of benzene rings is 1. The average molecular weight is 260 g/mol. The Morgan fingerprint density at radius 2 is 2.32 bits per heavy atom. The molecular formula is C14H20N4O. The van der Waals surface area contributed by atoms with Crippen LogP contribution in [0, 0.1) is 0 Å². The van der Waals surface area contributed by atoms with Crippen molar-refractivity contribution < 1.29 is 4.42 Å². The molecule has 2 heterocycles. The minimum absolute atomic E-state index is 0.639. The quantitative estimate of drug-likeness (QED) is 0.848. The van der Waals surface area contributed by atoms with Crippen LogP contribution in [0.15, 0.2) is 22.6 Å². The summed E-state index contributed by atoms with van der Waals surface area (Å²) in [5.41, 5.74) is 8.13. The first-order valence-electron chi connectivity index (χ1n) is 6.65. The lowest BCUT2D eigenvalue weighted by molar-refractivity contribution is 0.250. The highest BCUT2D eigenvalue weighted by molar-refractivity contribution is 5.76. The third-order valence-corrected chi connectivity index (χ3v) is 3.79. The minimum Gasteiger partial charge on any atom is -0.439 e. The number of nitrogen functional groups attached to an aromatic ring is 1. The van der Waals surface area contributed by atoms with E-state index < -0.39 is 0 Å². The second-order valence-corrected chi connectivity index (χ2v) is 5.48. The molecule has 1 unspecified atom stereocenters. The number of anilines is 1. The zero-order chi connectivity index (χ0) is 13.4. The maximum Gasteiger partial charge on any atom is 0.209 e. The third-order valence-electron chi connectivity index (χ3n) is 3.79. The summed E-state index contributed by atoms with van der Waals surface area (Å²) in [6, 6.07) is 6.22. The molecule has 102 valence electrons. The molecule has 1 aromatic heterocycles. The van der Waals surface area contributed by atoms with Crippen LogP contribution in [-0.2, 0) is 6.54 Å². The van der Waals surface area contributed by atoms with Crippen molar-refractivity contribution in [3.63, 3.8) is 0 Å². The van der Waals surface area contributed by atoms with Crippen LogP contribution in [0.2, 0.25) is 0 Å². The zero-order valence-corrected chi connectivity index (χ0v) is 11.5. The Kier molecular flexibility index (Phi) is 3.16. The standard InChI is InChI=1S/C14H20N4O/c1-17(2)11-5-6-18(8-11)9-14-16-12-7-10(15)3-4-13(12)19-14/h3-4,7,11H,5-6,8-9,15H2,1-2H3. The Morgan fingerprint density at radius 3 is 3.05 bits per heavy atom. The van der Waals surface area contributed by atoms with E-state index in [0.717, 1.165) is 42.3 Å². The molecule has 0 amide bonds. The van der Waals surface area contributed by atoms with Gasteiger partial charge in [-0.05, 0) is 38.7 Å². The topological polar surface area (TPSA) is 58.5 Å². The van der Waals surface area contributed by atoms with Crippen LogP contribution in [0.3, 0.4) is 0 Å². The van der Waals surface area contributed by atoms with Gasteiger partial charge in [-0.3, -0.25) is 4.90 Å². The van der Waals surface area contributed by atoms with E-state index in [0.29, 0.717) is 6.04 Å². The molecule has 0 aliphatic carbocycles. The van der Waals surface area contributed by atoms with E-state index in [1.165, 1.54) is 6.42 Å². The third kappa shape index (κ3) is 2.57. The van der Waals surface area contributed by atoms with E-state index in [1.807, 2.05) is 18.2 Å². The number of likely N-dealkylation sites (tertiary alicyclic amines) is 1. The SMILES string of the molecule is CN(C)C1CCN(Cc2nc3cc(N)ccc3o2)C1. The van der Waals surface area contributed by atoms with E-state index in [9.17, 15) is 0 Å². The number of aromatic nitrogens is 1. The molecule has 1 aliphatic heterocycles. The first kappa shape index (κ1) is 12.4. The van der Waals surface area contributed by atoms with E-state index >= 15 is 0 Å². The number of likely N-dealkylation sites (N-methyl/N-ethyl adjacent to an activating group) is 1. The van der Waals surface area contributed by atoms with Crippen molar-refractivity contribution in [3.05, 3.63) is 24.1 Å². The molecule has 0 bridgehead atoms. The normalized spacial score (nSPS) is 20.7. The lowest BCUT2D eigenvalue weighted by Crippen LogP contribution is -2.31.